The molecule has 2 nitrogen and oxygen atoms in total. The standard InChI is InChI=1S/C15H21NO/c1-13(17)14-9-5-6-10-15(14)16-11-7-3-2-4-8-12-16/h5-6,9-10H,2-4,7-8,11-12H2,1H3. The number of anilines is 1. The Balaban J connectivity index is 2.21. The molecule has 1 aliphatic heterocycles. The molecular weight excluding hydrogens is 210 g/mol. The second kappa shape index (κ2) is 5.85. The molecule has 0 spiro atoms. The van der Waals surface area contributed by atoms with Gasteiger partial charge in [0.15, 0.2) is 5.78 Å². The van der Waals surface area contributed by atoms with Gasteiger partial charge in [0.1, 0.15) is 0 Å². The summed E-state index contributed by atoms with van der Waals surface area (Å²) in [6.45, 7) is 3.83. The number of para-hydroxylation sites is 1. The van der Waals surface area contributed by atoms with E-state index in [1.807, 2.05) is 18.2 Å². The number of hydrogen-bond donors (Lipinski definition) is 0. The summed E-state index contributed by atoms with van der Waals surface area (Å²) in [6, 6.07) is 8.00. The van der Waals surface area contributed by atoms with Gasteiger partial charge in [-0.15, -0.1) is 0 Å². The average molecular weight is 231 g/mol. The zero-order chi connectivity index (χ0) is 12.1. The average Bonchev–Trinajstić information content (AvgIpc) is 2.28. The quantitative estimate of drug-likeness (QED) is 0.724. The highest BCUT2D eigenvalue weighted by Crippen LogP contribution is 2.23. The van der Waals surface area contributed by atoms with Crippen molar-refractivity contribution in [2.45, 2.75) is 39.0 Å². The number of Topliss-reactive ketones (excluding diaryl/α,β-unsaturated/α-hetero) is 1. The molecule has 1 heterocycles. The second-order valence-corrected chi connectivity index (χ2v) is 4.83. The minimum atomic E-state index is 0.169. The smallest absolute Gasteiger partial charge is 0.161 e. The van der Waals surface area contributed by atoms with Crippen molar-refractivity contribution in [3.05, 3.63) is 29.8 Å². The van der Waals surface area contributed by atoms with Crippen LogP contribution in [0.15, 0.2) is 24.3 Å². The molecule has 1 fully saturated rings. The highest BCUT2D eigenvalue weighted by Gasteiger charge is 2.14. The van der Waals surface area contributed by atoms with Gasteiger partial charge < -0.3 is 4.90 Å². The molecule has 2 rings (SSSR count). The number of rotatable bonds is 2. The van der Waals surface area contributed by atoms with E-state index in [1.165, 1.54) is 32.1 Å². The molecule has 0 saturated carbocycles. The van der Waals surface area contributed by atoms with E-state index in [4.69, 9.17) is 0 Å². The van der Waals surface area contributed by atoms with Gasteiger partial charge in [-0.2, -0.15) is 0 Å². The Labute approximate surface area is 104 Å². The SMILES string of the molecule is CC(=O)c1ccccc1N1CCCCCCC1. The van der Waals surface area contributed by atoms with E-state index >= 15 is 0 Å². The third kappa shape index (κ3) is 3.09. The van der Waals surface area contributed by atoms with Gasteiger partial charge in [0, 0.05) is 24.3 Å². The molecule has 0 amide bonds. The lowest BCUT2D eigenvalue weighted by atomic mass is 10.0. The molecule has 0 radical (unpaired) electrons. The van der Waals surface area contributed by atoms with Crippen molar-refractivity contribution in [1.82, 2.24) is 0 Å². The van der Waals surface area contributed by atoms with Crippen molar-refractivity contribution in [1.29, 1.82) is 0 Å². The van der Waals surface area contributed by atoms with Crippen molar-refractivity contribution in [2.75, 3.05) is 18.0 Å². The minimum absolute atomic E-state index is 0.169. The summed E-state index contributed by atoms with van der Waals surface area (Å²) in [6.07, 6.45) is 6.48. The van der Waals surface area contributed by atoms with E-state index in [0.717, 1.165) is 24.3 Å². The maximum Gasteiger partial charge on any atom is 0.161 e. The predicted octanol–water partition coefficient (Wildman–Crippen LogP) is 3.66. The van der Waals surface area contributed by atoms with Crippen LogP contribution in [0.3, 0.4) is 0 Å². The number of ketones is 1. The van der Waals surface area contributed by atoms with Crippen LogP contribution >= 0.6 is 0 Å². The van der Waals surface area contributed by atoms with Crippen molar-refractivity contribution in [3.63, 3.8) is 0 Å². The van der Waals surface area contributed by atoms with Crippen LogP contribution in [0.2, 0.25) is 0 Å². The number of benzene rings is 1. The Morgan fingerprint density at radius 2 is 1.59 bits per heavy atom. The van der Waals surface area contributed by atoms with Crippen LogP contribution < -0.4 is 4.90 Å². The molecular formula is C15H21NO. The van der Waals surface area contributed by atoms with Gasteiger partial charge in [0.25, 0.3) is 0 Å². The first kappa shape index (κ1) is 12.2. The molecule has 0 unspecified atom stereocenters. The van der Waals surface area contributed by atoms with Crippen LogP contribution in [0.4, 0.5) is 5.69 Å². The van der Waals surface area contributed by atoms with E-state index in [2.05, 4.69) is 11.0 Å². The monoisotopic (exact) mass is 231 g/mol. The zero-order valence-electron chi connectivity index (χ0n) is 10.6. The number of hydrogen-bond acceptors (Lipinski definition) is 2. The Bertz CT molecular complexity index is 378. The molecule has 0 aromatic heterocycles. The van der Waals surface area contributed by atoms with E-state index in [9.17, 15) is 4.79 Å². The molecule has 1 aromatic rings. The molecule has 1 saturated heterocycles. The van der Waals surface area contributed by atoms with Crippen LogP contribution in [0.25, 0.3) is 0 Å². The Morgan fingerprint density at radius 1 is 1.00 bits per heavy atom. The number of carbonyl (C=O) groups excluding carboxylic acids is 1. The summed E-state index contributed by atoms with van der Waals surface area (Å²) < 4.78 is 0. The van der Waals surface area contributed by atoms with Gasteiger partial charge in [-0.05, 0) is 31.9 Å². The van der Waals surface area contributed by atoms with E-state index in [-0.39, 0.29) is 5.78 Å². The van der Waals surface area contributed by atoms with Gasteiger partial charge in [-0.1, -0.05) is 31.4 Å². The molecule has 92 valence electrons. The van der Waals surface area contributed by atoms with Crippen LogP contribution in [-0.4, -0.2) is 18.9 Å². The lowest BCUT2D eigenvalue weighted by Gasteiger charge is -2.28. The van der Waals surface area contributed by atoms with Crippen LogP contribution in [0.1, 0.15) is 49.4 Å². The number of nitrogens with zero attached hydrogens (tertiary/aromatic N) is 1. The van der Waals surface area contributed by atoms with E-state index in [0.29, 0.717) is 0 Å². The molecule has 1 aromatic carbocycles. The third-order valence-corrected chi connectivity index (χ3v) is 3.48. The summed E-state index contributed by atoms with van der Waals surface area (Å²) >= 11 is 0. The number of carbonyl (C=O) groups is 1. The second-order valence-electron chi connectivity index (χ2n) is 4.83. The van der Waals surface area contributed by atoms with Crippen molar-refractivity contribution in [2.24, 2.45) is 0 Å². The summed E-state index contributed by atoms with van der Waals surface area (Å²) in [7, 11) is 0. The Kier molecular flexibility index (Phi) is 4.18. The fourth-order valence-electron chi connectivity index (χ4n) is 2.54. The van der Waals surface area contributed by atoms with Gasteiger partial charge in [-0.25, -0.2) is 0 Å². The van der Waals surface area contributed by atoms with Crippen molar-refractivity contribution < 1.29 is 4.79 Å². The molecule has 0 atom stereocenters. The summed E-state index contributed by atoms with van der Waals surface area (Å²) in [5.41, 5.74) is 2.00. The van der Waals surface area contributed by atoms with Gasteiger partial charge in [0.2, 0.25) is 0 Å². The molecule has 0 bridgehead atoms. The molecule has 17 heavy (non-hydrogen) atoms. The third-order valence-electron chi connectivity index (χ3n) is 3.48. The van der Waals surface area contributed by atoms with Gasteiger partial charge in [-0.3, -0.25) is 4.79 Å². The zero-order valence-corrected chi connectivity index (χ0v) is 10.6. The van der Waals surface area contributed by atoms with E-state index < -0.39 is 0 Å². The van der Waals surface area contributed by atoms with Crippen molar-refractivity contribution >= 4 is 11.5 Å². The molecule has 1 aliphatic rings. The van der Waals surface area contributed by atoms with Crippen molar-refractivity contribution in [3.8, 4) is 0 Å². The maximum atomic E-state index is 11.6. The first-order chi connectivity index (χ1) is 8.29. The van der Waals surface area contributed by atoms with Crippen LogP contribution in [0.5, 0.6) is 0 Å². The fraction of sp³-hybridized carbons (Fsp3) is 0.533. The lowest BCUT2D eigenvalue weighted by Crippen LogP contribution is -2.28. The largest absolute Gasteiger partial charge is 0.371 e. The first-order valence-electron chi connectivity index (χ1n) is 6.64. The predicted molar refractivity (Wildman–Crippen MR) is 71.7 cm³/mol. The molecule has 0 N–H and O–H groups in total. The lowest BCUT2D eigenvalue weighted by molar-refractivity contribution is 0.101. The Hall–Kier alpha value is -1.31. The fourth-order valence-corrected chi connectivity index (χ4v) is 2.54. The Morgan fingerprint density at radius 3 is 2.24 bits per heavy atom. The molecule has 0 aliphatic carbocycles. The van der Waals surface area contributed by atoms with Crippen LogP contribution in [-0.2, 0) is 0 Å². The highest BCUT2D eigenvalue weighted by molar-refractivity contribution is 5.99. The maximum absolute atomic E-state index is 11.6. The minimum Gasteiger partial charge on any atom is -0.371 e. The highest BCUT2D eigenvalue weighted by atomic mass is 16.1. The summed E-state index contributed by atoms with van der Waals surface area (Å²) in [5.74, 6) is 0.169. The van der Waals surface area contributed by atoms with Crippen LogP contribution in [0, 0.1) is 0 Å². The topological polar surface area (TPSA) is 20.3 Å². The first-order valence-corrected chi connectivity index (χ1v) is 6.64. The van der Waals surface area contributed by atoms with E-state index in [1.54, 1.807) is 6.92 Å². The summed E-state index contributed by atoms with van der Waals surface area (Å²) in [5, 5.41) is 0. The molecule has 2 heteroatoms. The van der Waals surface area contributed by atoms with Gasteiger partial charge >= 0.3 is 0 Å². The normalized spacial score (nSPS) is 17.4. The summed E-state index contributed by atoms with van der Waals surface area (Å²) in [4.78, 5) is 14.0. The van der Waals surface area contributed by atoms with Gasteiger partial charge in [0.05, 0.1) is 0 Å².